The quantitative estimate of drug-likeness (QED) is 0.557. The van der Waals surface area contributed by atoms with Gasteiger partial charge in [0.15, 0.2) is 10.9 Å². The van der Waals surface area contributed by atoms with Crippen LogP contribution in [0.5, 0.6) is 0 Å². The van der Waals surface area contributed by atoms with E-state index in [4.69, 9.17) is 14.7 Å². The lowest BCUT2D eigenvalue weighted by molar-refractivity contribution is 0.413. The van der Waals surface area contributed by atoms with Gasteiger partial charge in [-0.25, -0.2) is 4.98 Å². The highest BCUT2D eigenvalue weighted by atomic mass is 32.2. The molecular weight excluding hydrogens is 280 g/mol. The Kier molecular flexibility index (Phi) is 3.30. The van der Waals surface area contributed by atoms with Crippen molar-refractivity contribution >= 4 is 17.6 Å². The molecule has 0 bridgehead atoms. The standard InChI is InChI=1S/C12H10N4O3S/c13-10-5-11(17)15-12(14-10)20-6-7-4-9(19-16-7)8-2-1-3-18-8/h1-5H,6H2,(H3,13,14,15,17). The van der Waals surface area contributed by atoms with Gasteiger partial charge in [0, 0.05) is 17.9 Å². The normalized spacial score (nSPS) is 10.8. The molecule has 3 aromatic heterocycles. The smallest absolute Gasteiger partial charge is 0.253 e. The van der Waals surface area contributed by atoms with Crippen LogP contribution in [0.2, 0.25) is 0 Å². The van der Waals surface area contributed by atoms with Crippen molar-refractivity contribution in [2.75, 3.05) is 5.73 Å². The van der Waals surface area contributed by atoms with Crippen LogP contribution in [0, 0.1) is 0 Å². The van der Waals surface area contributed by atoms with Gasteiger partial charge in [-0.1, -0.05) is 16.9 Å². The van der Waals surface area contributed by atoms with Gasteiger partial charge in [0.1, 0.15) is 5.82 Å². The Morgan fingerprint density at radius 3 is 3.00 bits per heavy atom. The van der Waals surface area contributed by atoms with Crippen LogP contribution in [0.4, 0.5) is 5.82 Å². The number of H-pyrrole nitrogens is 1. The third-order valence-corrected chi connectivity index (χ3v) is 3.33. The number of rotatable bonds is 4. The summed E-state index contributed by atoms with van der Waals surface area (Å²) in [5.41, 5.74) is 5.94. The summed E-state index contributed by atoms with van der Waals surface area (Å²) in [6.45, 7) is 0. The van der Waals surface area contributed by atoms with Gasteiger partial charge in [0.25, 0.3) is 5.56 Å². The summed E-state index contributed by atoms with van der Waals surface area (Å²) in [6, 6.07) is 6.56. The molecule has 0 saturated carbocycles. The van der Waals surface area contributed by atoms with Crippen molar-refractivity contribution in [3.8, 4) is 11.5 Å². The lowest BCUT2D eigenvalue weighted by atomic mass is 10.3. The van der Waals surface area contributed by atoms with Crippen LogP contribution in [0.3, 0.4) is 0 Å². The molecule has 0 saturated heterocycles. The average Bonchev–Trinajstić information content (AvgIpc) is 3.06. The highest BCUT2D eigenvalue weighted by Crippen LogP contribution is 2.24. The maximum Gasteiger partial charge on any atom is 0.253 e. The average molecular weight is 290 g/mol. The van der Waals surface area contributed by atoms with Crippen molar-refractivity contribution in [3.63, 3.8) is 0 Å². The maximum absolute atomic E-state index is 11.2. The molecule has 0 amide bonds. The molecule has 0 aliphatic carbocycles. The van der Waals surface area contributed by atoms with Crippen LogP contribution in [0.15, 0.2) is 49.4 Å². The second-order valence-electron chi connectivity index (χ2n) is 3.92. The number of thioether (sulfide) groups is 1. The molecule has 3 rings (SSSR count). The van der Waals surface area contributed by atoms with Crippen LogP contribution < -0.4 is 11.3 Å². The fourth-order valence-electron chi connectivity index (χ4n) is 1.58. The summed E-state index contributed by atoms with van der Waals surface area (Å²) in [5, 5.41) is 4.37. The third kappa shape index (κ3) is 2.75. The molecule has 8 heteroatoms. The lowest BCUT2D eigenvalue weighted by Crippen LogP contribution is -2.09. The molecule has 102 valence electrons. The molecule has 0 aromatic carbocycles. The number of hydrogen-bond donors (Lipinski definition) is 2. The van der Waals surface area contributed by atoms with Crippen molar-refractivity contribution in [1.82, 2.24) is 15.1 Å². The van der Waals surface area contributed by atoms with Gasteiger partial charge in [0.05, 0.1) is 12.0 Å². The zero-order chi connectivity index (χ0) is 13.9. The first-order valence-corrected chi connectivity index (χ1v) is 6.68. The van der Waals surface area contributed by atoms with Crippen LogP contribution >= 0.6 is 11.8 Å². The van der Waals surface area contributed by atoms with Crippen molar-refractivity contribution in [2.24, 2.45) is 0 Å². The van der Waals surface area contributed by atoms with Gasteiger partial charge in [-0.05, 0) is 12.1 Å². The van der Waals surface area contributed by atoms with Crippen molar-refractivity contribution in [1.29, 1.82) is 0 Å². The highest BCUT2D eigenvalue weighted by molar-refractivity contribution is 7.98. The first kappa shape index (κ1) is 12.5. The van der Waals surface area contributed by atoms with E-state index >= 15 is 0 Å². The maximum atomic E-state index is 11.2. The minimum atomic E-state index is -0.281. The largest absolute Gasteiger partial charge is 0.461 e. The zero-order valence-corrected chi connectivity index (χ0v) is 11.0. The molecule has 0 unspecified atom stereocenters. The van der Waals surface area contributed by atoms with Crippen molar-refractivity contribution in [2.45, 2.75) is 10.9 Å². The number of nitrogen functional groups attached to an aromatic ring is 1. The fourth-order valence-corrected chi connectivity index (χ4v) is 2.34. The molecule has 0 aliphatic rings. The minimum Gasteiger partial charge on any atom is -0.461 e. The summed E-state index contributed by atoms with van der Waals surface area (Å²) < 4.78 is 10.4. The molecule has 0 spiro atoms. The first-order valence-electron chi connectivity index (χ1n) is 5.70. The molecule has 0 aliphatic heterocycles. The van der Waals surface area contributed by atoms with Gasteiger partial charge in [-0.15, -0.1) is 0 Å². The summed E-state index contributed by atoms with van der Waals surface area (Å²) in [6.07, 6.45) is 1.56. The SMILES string of the molecule is Nc1cc(=O)[nH]c(SCc2cc(-c3ccco3)on2)n1. The summed E-state index contributed by atoms with van der Waals surface area (Å²) in [5.74, 6) is 1.85. The Labute approximate surface area is 117 Å². The van der Waals surface area contributed by atoms with E-state index in [-0.39, 0.29) is 11.4 Å². The predicted octanol–water partition coefficient (Wildman–Crippen LogP) is 1.89. The number of hydrogen-bond acceptors (Lipinski definition) is 7. The van der Waals surface area contributed by atoms with Gasteiger partial charge in [-0.3, -0.25) is 4.79 Å². The minimum absolute atomic E-state index is 0.188. The van der Waals surface area contributed by atoms with Crippen LogP contribution in [0.1, 0.15) is 5.69 Å². The van der Waals surface area contributed by atoms with Crippen LogP contribution in [-0.2, 0) is 5.75 Å². The molecule has 0 radical (unpaired) electrons. The lowest BCUT2D eigenvalue weighted by Gasteiger charge is -1.98. The van der Waals surface area contributed by atoms with Gasteiger partial charge < -0.3 is 19.7 Å². The van der Waals surface area contributed by atoms with E-state index in [2.05, 4.69) is 15.1 Å². The Morgan fingerprint density at radius 1 is 1.35 bits per heavy atom. The second kappa shape index (κ2) is 5.25. The van der Waals surface area contributed by atoms with Gasteiger partial charge >= 0.3 is 0 Å². The van der Waals surface area contributed by atoms with Crippen molar-refractivity contribution < 1.29 is 8.94 Å². The number of nitrogens with zero attached hydrogens (tertiary/aromatic N) is 2. The fraction of sp³-hybridized carbons (Fsp3) is 0.0833. The number of aromatic nitrogens is 3. The molecule has 3 N–H and O–H groups in total. The molecule has 0 atom stereocenters. The molecule has 20 heavy (non-hydrogen) atoms. The Morgan fingerprint density at radius 2 is 2.25 bits per heavy atom. The summed E-state index contributed by atoms with van der Waals surface area (Å²) in [4.78, 5) is 17.9. The summed E-state index contributed by atoms with van der Waals surface area (Å²) >= 11 is 1.31. The van der Waals surface area contributed by atoms with E-state index in [1.165, 1.54) is 17.8 Å². The Hall–Kier alpha value is -2.48. The Bertz CT molecular complexity index is 763. The zero-order valence-electron chi connectivity index (χ0n) is 10.2. The van der Waals surface area contributed by atoms with E-state index < -0.39 is 0 Å². The van der Waals surface area contributed by atoms with E-state index in [0.717, 1.165) is 0 Å². The monoisotopic (exact) mass is 290 g/mol. The third-order valence-electron chi connectivity index (χ3n) is 2.42. The van der Waals surface area contributed by atoms with E-state index in [9.17, 15) is 4.79 Å². The van der Waals surface area contributed by atoms with Crippen molar-refractivity contribution in [3.05, 3.63) is 46.6 Å². The number of nitrogens with one attached hydrogen (secondary N) is 1. The number of furan rings is 1. The second-order valence-corrected chi connectivity index (χ2v) is 4.89. The van der Waals surface area contributed by atoms with Gasteiger partial charge in [-0.2, -0.15) is 0 Å². The summed E-state index contributed by atoms with van der Waals surface area (Å²) in [7, 11) is 0. The number of nitrogens with two attached hydrogens (primary N) is 1. The predicted molar refractivity (Wildman–Crippen MR) is 73.0 cm³/mol. The van der Waals surface area contributed by atoms with E-state index in [0.29, 0.717) is 28.1 Å². The Balaban J connectivity index is 1.71. The molecule has 7 nitrogen and oxygen atoms in total. The first-order chi connectivity index (χ1) is 9.70. The molecule has 3 heterocycles. The highest BCUT2D eigenvalue weighted by Gasteiger charge is 2.10. The van der Waals surface area contributed by atoms with E-state index in [1.807, 2.05) is 0 Å². The number of anilines is 1. The molecule has 3 aromatic rings. The topological polar surface area (TPSA) is 111 Å². The molecular formula is C12H10N4O3S. The van der Waals surface area contributed by atoms with Crippen LogP contribution in [-0.4, -0.2) is 15.1 Å². The number of aromatic amines is 1. The molecule has 0 fully saturated rings. The van der Waals surface area contributed by atoms with Gasteiger partial charge in [0.2, 0.25) is 5.76 Å². The van der Waals surface area contributed by atoms with E-state index in [1.54, 1.807) is 24.5 Å². The van der Waals surface area contributed by atoms with Crippen LogP contribution in [0.25, 0.3) is 11.5 Å².